The molecule has 0 amide bonds. The zero-order valence-electron chi connectivity index (χ0n) is 16.5. The van der Waals surface area contributed by atoms with Gasteiger partial charge in [0.25, 0.3) is 0 Å². The molecule has 7 heteroatoms. The van der Waals surface area contributed by atoms with Crippen LogP contribution in [0.5, 0.6) is 5.75 Å². The molecule has 1 aromatic heterocycles. The Morgan fingerprint density at radius 3 is 2.39 bits per heavy atom. The molecular formula is C24H15Cl3O4. The third kappa shape index (κ3) is 4.07. The van der Waals surface area contributed by atoms with Crippen LogP contribution in [0.25, 0.3) is 22.3 Å². The monoisotopic (exact) mass is 472 g/mol. The Balaban J connectivity index is 1.97. The van der Waals surface area contributed by atoms with Gasteiger partial charge in [0.05, 0.1) is 21.0 Å². The van der Waals surface area contributed by atoms with Gasteiger partial charge in [0.1, 0.15) is 5.58 Å². The van der Waals surface area contributed by atoms with Gasteiger partial charge in [0, 0.05) is 10.6 Å². The molecule has 31 heavy (non-hydrogen) atoms. The lowest BCUT2D eigenvalue weighted by atomic mass is 10.0. The lowest BCUT2D eigenvalue weighted by Crippen LogP contribution is -2.17. The van der Waals surface area contributed by atoms with Crippen LogP contribution in [0.1, 0.15) is 21.5 Å². The van der Waals surface area contributed by atoms with E-state index in [4.69, 9.17) is 44.0 Å². The predicted octanol–water partition coefficient (Wildman–Crippen LogP) is 7.26. The normalized spacial score (nSPS) is 11.0. The highest BCUT2D eigenvalue weighted by atomic mass is 35.5. The second kappa shape index (κ2) is 8.39. The molecule has 0 bridgehead atoms. The van der Waals surface area contributed by atoms with E-state index in [0.29, 0.717) is 32.1 Å². The van der Waals surface area contributed by atoms with Crippen molar-refractivity contribution in [2.45, 2.75) is 13.8 Å². The van der Waals surface area contributed by atoms with Gasteiger partial charge < -0.3 is 9.15 Å². The number of aryl methyl sites for hydroxylation is 2. The van der Waals surface area contributed by atoms with E-state index in [-0.39, 0.29) is 22.1 Å². The Bertz CT molecular complexity index is 1410. The lowest BCUT2D eigenvalue weighted by Gasteiger charge is -2.13. The Hall–Kier alpha value is -2.79. The molecule has 0 spiro atoms. The molecule has 0 aliphatic rings. The highest BCUT2D eigenvalue weighted by Crippen LogP contribution is 2.36. The Morgan fingerprint density at radius 1 is 0.935 bits per heavy atom. The summed E-state index contributed by atoms with van der Waals surface area (Å²) in [5, 5.41) is 1.14. The number of rotatable bonds is 3. The summed E-state index contributed by atoms with van der Waals surface area (Å²) in [7, 11) is 0. The Labute approximate surface area is 192 Å². The number of halogens is 3. The van der Waals surface area contributed by atoms with E-state index in [1.165, 1.54) is 18.2 Å². The second-order valence-corrected chi connectivity index (χ2v) is 8.29. The smallest absolute Gasteiger partial charge is 0.345 e. The molecule has 0 aliphatic carbocycles. The zero-order chi connectivity index (χ0) is 22.3. The van der Waals surface area contributed by atoms with Crippen molar-refractivity contribution in [1.82, 2.24) is 0 Å². The Morgan fingerprint density at radius 2 is 1.68 bits per heavy atom. The van der Waals surface area contributed by atoms with Crippen molar-refractivity contribution in [3.63, 3.8) is 0 Å². The maximum Gasteiger partial charge on any atom is 0.345 e. The van der Waals surface area contributed by atoms with Crippen molar-refractivity contribution in [3.8, 4) is 17.1 Å². The summed E-state index contributed by atoms with van der Waals surface area (Å²) >= 11 is 18.4. The number of ether oxygens (including phenoxy) is 1. The quantitative estimate of drug-likeness (QED) is 0.294. The van der Waals surface area contributed by atoms with E-state index in [9.17, 15) is 9.59 Å². The fourth-order valence-electron chi connectivity index (χ4n) is 3.39. The zero-order valence-corrected chi connectivity index (χ0v) is 18.7. The molecule has 0 fully saturated rings. The minimum Gasteiger partial charge on any atom is -0.452 e. The topological polar surface area (TPSA) is 56.5 Å². The van der Waals surface area contributed by atoms with E-state index < -0.39 is 11.4 Å². The van der Waals surface area contributed by atoms with Gasteiger partial charge in [-0.2, -0.15) is 0 Å². The molecule has 0 radical (unpaired) electrons. The third-order valence-electron chi connectivity index (χ3n) is 4.76. The molecule has 4 aromatic rings. The average Bonchev–Trinajstić information content (AvgIpc) is 2.69. The van der Waals surface area contributed by atoms with Crippen LogP contribution >= 0.6 is 34.8 Å². The van der Waals surface area contributed by atoms with E-state index in [0.717, 1.165) is 5.56 Å². The lowest BCUT2D eigenvalue weighted by molar-refractivity contribution is 0.0731. The summed E-state index contributed by atoms with van der Waals surface area (Å²) in [6.07, 6.45) is 0. The largest absolute Gasteiger partial charge is 0.452 e. The first-order valence-corrected chi connectivity index (χ1v) is 10.4. The maximum absolute atomic E-state index is 13.4. The fourth-order valence-corrected chi connectivity index (χ4v) is 4.10. The predicted molar refractivity (Wildman–Crippen MR) is 124 cm³/mol. The van der Waals surface area contributed by atoms with Crippen LogP contribution in [0, 0.1) is 13.8 Å². The van der Waals surface area contributed by atoms with Gasteiger partial charge in [-0.25, -0.2) is 4.79 Å². The molecular weight excluding hydrogens is 459 g/mol. The highest BCUT2D eigenvalue weighted by molar-refractivity contribution is 6.36. The second-order valence-electron chi connectivity index (χ2n) is 7.04. The number of hydrogen-bond donors (Lipinski definition) is 0. The summed E-state index contributed by atoms with van der Waals surface area (Å²) in [5.74, 6) is -1.01. The van der Waals surface area contributed by atoms with Gasteiger partial charge in [-0.05, 0) is 61.4 Å². The first-order valence-electron chi connectivity index (χ1n) is 9.26. The van der Waals surface area contributed by atoms with Crippen LogP contribution < -0.4 is 10.2 Å². The molecule has 156 valence electrons. The van der Waals surface area contributed by atoms with Crippen molar-refractivity contribution in [1.29, 1.82) is 0 Å². The minimum atomic E-state index is -0.814. The summed E-state index contributed by atoms with van der Waals surface area (Å²) in [6, 6.07) is 14.8. The van der Waals surface area contributed by atoms with Crippen LogP contribution in [-0.2, 0) is 0 Å². The molecule has 0 atom stereocenters. The highest BCUT2D eigenvalue weighted by Gasteiger charge is 2.24. The summed E-state index contributed by atoms with van der Waals surface area (Å²) in [4.78, 5) is 26.3. The van der Waals surface area contributed by atoms with Crippen LogP contribution in [0.4, 0.5) is 0 Å². The third-order valence-corrected chi connectivity index (χ3v) is 5.64. The number of carbonyl (C=O) groups excluding carboxylic acids is 1. The van der Waals surface area contributed by atoms with Crippen molar-refractivity contribution >= 4 is 51.7 Å². The summed E-state index contributed by atoms with van der Waals surface area (Å²) in [5.41, 5.74) is 2.02. The SMILES string of the molecule is Cc1cc(C)c2c(=O)c(OC(=O)c3ccc(Cl)cc3Cl)c(-c3ccccc3Cl)oc2c1. The first kappa shape index (κ1) is 21.4. The van der Waals surface area contributed by atoms with E-state index in [1.54, 1.807) is 37.3 Å². The van der Waals surface area contributed by atoms with Crippen LogP contribution in [0.3, 0.4) is 0 Å². The van der Waals surface area contributed by atoms with Crippen LogP contribution in [0.15, 0.2) is 63.8 Å². The standard InChI is InChI=1S/C24H15Cl3O4/c1-12-9-13(2)20-19(10-12)30-22(15-5-3-4-6-17(15)26)23(21(20)28)31-24(29)16-8-7-14(25)11-18(16)27/h3-11H,1-2H3. The van der Waals surface area contributed by atoms with E-state index in [2.05, 4.69) is 0 Å². The van der Waals surface area contributed by atoms with Gasteiger partial charge >= 0.3 is 5.97 Å². The van der Waals surface area contributed by atoms with E-state index >= 15 is 0 Å². The first-order chi connectivity index (χ1) is 14.8. The molecule has 0 saturated carbocycles. The minimum absolute atomic E-state index is 0.0616. The van der Waals surface area contributed by atoms with Gasteiger partial charge in [-0.15, -0.1) is 0 Å². The van der Waals surface area contributed by atoms with Crippen molar-refractivity contribution in [2.24, 2.45) is 0 Å². The summed E-state index contributed by atoms with van der Waals surface area (Å²) in [6.45, 7) is 3.70. The molecule has 0 saturated heterocycles. The molecule has 3 aromatic carbocycles. The fraction of sp³-hybridized carbons (Fsp3) is 0.0833. The van der Waals surface area contributed by atoms with Crippen molar-refractivity contribution in [3.05, 3.63) is 96.6 Å². The van der Waals surface area contributed by atoms with Crippen LogP contribution in [-0.4, -0.2) is 5.97 Å². The number of carbonyl (C=O) groups is 1. The number of esters is 1. The molecule has 0 unspecified atom stereocenters. The average molecular weight is 474 g/mol. The number of hydrogen-bond acceptors (Lipinski definition) is 4. The van der Waals surface area contributed by atoms with Gasteiger partial charge in [0.2, 0.25) is 11.2 Å². The molecule has 4 nitrogen and oxygen atoms in total. The van der Waals surface area contributed by atoms with Crippen LogP contribution in [0.2, 0.25) is 15.1 Å². The number of fused-ring (bicyclic) bond motifs is 1. The molecule has 0 N–H and O–H groups in total. The molecule has 1 heterocycles. The maximum atomic E-state index is 13.4. The Kier molecular flexibility index (Phi) is 5.80. The molecule has 4 rings (SSSR count). The van der Waals surface area contributed by atoms with Crippen molar-refractivity contribution < 1.29 is 13.9 Å². The van der Waals surface area contributed by atoms with Gasteiger partial charge in [-0.1, -0.05) is 53.0 Å². The number of benzene rings is 3. The van der Waals surface area contributed by atoms with Crippen molar-refractivity contribution in [2.75, 3.05) is 0 Å². The van der Waals surface area contributed by atoms with Gasteiger partial charge in [0.15, 0.2) is 5.76 Å². The van der Waals surface area contributed by atoms with E-state index in [1.807, 2.05) is 13.0 Å². The summed E-state index contributed by atoms with van der Waals surface area (Å²) < 4.78 is 11.6. The molecule has 0 aliphatic heterocycles. The van der Waals surface area contributed by atoms with Gasteiger partial charge in [-0.3, -0.25) is 4.79 Å².